The molecule has 215 valence electrons. The highest BCUT2D eigenvalue weighted by Gasteiger charge is 2.27. The van der Waals surface area contributed by atoms with E-state index in [-0.39, 0.29) is 30.7 Å². The monoisotopic (exact) mass is 555 g/mol. The number of primary amides is 1. The lowest BCUT2D eigenvalue weighted by atomic mass is 10.1. The molecule has 1 aromatic carbocycles. The fourth-order valence-corrected chi connectivity index (χ4v) is 3.69. The molecule has 7 amide bonds. The molecule has 1 aliphatic heterocycles. The SMILES string of the molecule is [CH2]c1ccc(NC(=O)[C@H](CC(N)=O)NC(=O)[C@H](C)NC(=O)[C@H](C)NC(=O)CCCCCN2C(=O)C=CC2=O)cc1. The highest BCUT2D eigenvalue weighted by atomic mass is 16.2. The zero-order chi connectivity index (χ0) is 29.8. The molecule has 0 unspecified atom stereocenters. The molecule has 3 atom stereocenters. The van der Waals surface area contributed by atoms with Crippen molar-refractivity contribution in [3.8, 4) is 0 Å². The van der Waals surface area contributed by atoms with E-state index in [2.05, 4.69) is 28.2 Å². The zero-order valence-electron chi connectivity index (χ0n) is 22.5. The van der Waals surface area contributed by atoms with Gasteiger partial charge in [-0.2, -0.15) is 0 Å². The normalized spacial score (nSPS) is 14.7. The van der Waals surface area contributed by atoms with Crippen molar-refractivity contribution >= 4 is 47.0 Å². The van der Waals surface area contributed by atoms with E-state index in [1.165, 1.54) is 26.0 Å². The second-order valence-electron chi connectivity index (χ2n) is 9.41. The van der Waals surface area contributed by atoms with Crippen molar-refractivity contribution in [2.45, 2.75) is 64.1 Å². The number of benzene rings is 1. The summed E-state index contributed by atoms with van der Waals surface area (Å²) in [5, 5.41) is 10.0. The third kappa shape index (κ3) is 10.3. The van der Waals surface area contributed by atoms with Gasteiger partial charge in [-0.3, -0.25) is 38.5 Å². The Morgan fingerprint density at radius 2 is 1.40 bits per heavy atom. The minimum atomic E-state index is -1.28. The van der Waals surface area contributed by atoms with E-state index in [0.717, 1.165) is 10.5 Å². The van der Waals surface area contributed by atoms with Crippen molar-refractivity contribution in [1.82, 2.24) is 20.9 Å². The summed E-state index contributed by atoms with van der Waals surface area (Å²) < 4.78 is 0. The summed E-state index contributed by atoms with van der Waals surface area (Å²) >= 11 is 0. The van der Waals surface area contributed by atoms with Crippen molar-refractivity contribution in [2.24, 2.45) is 5.73 Å². The van der Waals surface area contributed by atoms with Crippen LogP contribution in [-0.4, -0.2) is 70.9 Å². The summed E-state index contributed by atoms with van der Waals surface area (Å²) in [6.45, 7) is 6.87. The third-order valence-electron chi connectivity index (χ3n) is 5.97. The third-order valence-corrected chi connectivity index (χ3v) is 5.97. The Balaban J connectivity index is 1.76. The number of nitrogens with zero attached hydrogens (tertiary/aromatic N) is 1. The number of carbonyl (C=O) groups is 7. The van der Waals surface area contributed by atoms with Crippen molar-refractivity contribution in [3.63, 3.8) is 0 Å². The molecule has 1 heterocycles. The number of amides is 7. The molecule has 1 radical (unpaired) electrons. The first-order valence-electron chi connectivity index (χ1n) is 12.8. The number of unbranched alkanes of at least 4 members (excludes halogenated alkanes) is 2. The topological polar surface area (TPSA) is 197 Å². The Labute approximate surface area is 232 Å². The Hall–Kier alpha value is -4.55. The summed E-state index contributed by atoms with van der Waals surface area (Å²) in [6.07, 6.45) is 3.75. The van der Waals surface area contributed by atoms with Crippen LogP contribution in [0.15, 0.2) is 36.4 Å². The largest absolute Gasteiger partial charge is 0.370 e. The van der Waals surface area contributed by atoms with Crippen LogP contribution in [0.2, 0.25) is 0 Å². The Morgan fingerprint density at radius 1 is 0.825 bits per heavy atom. The molecule has 0 aromatic heterocycles. The first kappa shape index (κ1) is 31.7. The summed E-state index contributed by atoms with van der Waals surface area (Å²) in [5.74, 6) is -3.91. The molecule has 0 aliphatic carbocycles. The Bertz CT molecular complexity index is 1150. The summed E-state index contributed by atoms with van der Waals surface area (Å²) in [7, 11) is 0. The van der Waals surface area contributed by atoms with Gasteiger partial charge in [-0.05, 0) is 51.3 Å². The first-order chi connectivity index (χ1) is 18.9. The molecule has 6 N–H and O–H groups in total. The van der Waals surface area contributed by atoms with E-state index in [4.69, 9.17) is 5.73 Å². The average molecular weight is 556 g/mol. The second-order valence-corrected chi connectivity index (χ2v) is 9.41. The number of imide groups is 1. The molecule has 0 fully saturated rings. The average Bonchev–Trinajstić information content (AvgIpc) is 3.21. The molecule has 13 nitrogen and oxygen atoms in total. The van der Waals surface area contributed by atoms with Gasteiger partial charge < -0.3 is 27.0 Å². The van der Waals surface area contributed by atoms with Crippen molar-refractivity contribution in [3.05, 3.63) is 48.9 Å². The minimum absolute atomic E-state index is 0.134. The maximum absolute atomic E-state index is 12.7. The van der Waals surface area contributed by atoms with Crippen LogP contribution in [0.4, 0.5) is 5.69 Å². The quantitative estimate of drug-likeness (QED) is 0.144. The smallest absolute Gasteiger partial charge is 0.253 e. The molecule has 1 aliphatic rings. The van der Waals surface area contributed by atoms with Crippen LogP contribution in [0, 0.1) is 6.92 Å². The summed E-state index contributed by atoms with van der Waals surface area (Å²) in [5.41, 5.74) is 6.40. The number of hydrogen-bond donors (Lipinski definition) is 5. The van der Waals surface area contributed by atoms with E-state index >= 15 is 0 Å². The number of carbonyl (C=O) groups excluding carboxylic acids is 7. The van der Waals surface area contributed by atoms with Gasteiger partial charge >= 0.3 is 0 Å². The van der Waals surface area contributed by atoms with E-state index in [9.17, 15) is 33.6 Å². The second kappa shape index (κ2) is 15.1. The van der Waals surface area contributed by atoms with Gasteiger partial charge in [0.1, 0.15) is 18.1 Å². The molecule has 2 rings (SSSR count). The van der Waals surface area contributed by atoms with E-state index < -0.39 is 48.2 Å². The number of nitrogens with two attached hydrogens (primary N) is 1. The first-order valence-corrected chi connectivity index (χ1v) is 12.8. The molecule has 40 heavy (non-hydrogen) atoms. The lowest BCUT2D eigenvalue weighted by molar-refractivity contribution is -0.137. The molecular weight excluding hydrogens is 520 g/mol. The van der Waals surface area contributed by atoms with Crippen LogP contribution in [0.1, 0.15) is 51.5 Å². The molecule has 0 spiro atoms. The van der Waals surface area contributed by atoms with Crippen LogP contribution in [0.25, 0.3) is 0 Å². The Kier molecular flexibility index (Phi) is 12.0. The highest BCUT2D eigenvalue weighted by molar-refractivity contribution is 6.12. The molecule has 0 saturated heterocycles. The van der Waals surface area contributed by atoms with Crippen LogP contribution >= 0.6 is 0 Å². The van der Waals surface area contributed by atoms with Crippen LogP contribution in [0.5, 0.6) is 0 Å². The van der Waals surface area contributed by atoms with Gasteiger partial charge in [0.25, 0.3) is 11.8 Å². The van der Waals surface area contributed by atoms with Gasteiger partial charge in [-0.1, -0.05) is 18.6 Å². The zero-order valence-corrected chi connectivity index (χ0v) is 22.5. The highest BCUT2D eigenvalue weighted by Crippen LogP contribution is 2.10. The van der Waals surface area contributed by atoms with Gasteiger partial charge in [0, 0.05) is 30.8 Å². The fraction of sp³-hybridized carbons (Fsp3) is 0.407. The number of anilines is 1. The lowest BCUT2D eigenvalue weighted by Crippen LogP contribution is -2.55. The Morgan fingerprint density at radius 3 is 2.00 bits per heavy atom. The van der Waals surface area contributed by atoms with Gasteiger partial charge in [-0.25, -0.2) is 0 Å². The standard InChI is InChI=1S/C27H35N6O7/c1-16-8-10-19(11-9-16)31-27(40)20(15-21(28)34)32-26(39)18(3)30-25(38)17(2)29-22(35)7-5-4-6-14-33-23(36)12-13-24(33)37/h8-13,17-18,20H,1,4-7,14-15H2,2-3H3,(H2,28,34)(H,29,35)(H,30,38)(H,31,40)(H,32,39)/t17-,18-,20-/m0/s1. The number of nitrogens with one attached hydrogen (secondary N) is 4. The van der Waals surface area contributed by atoms with Crippen molar-refractivity contribution < 1.29 is 33.6 Å². The summed E-state index contributed by atoms with van der Waals surface area (Å²) in [6, 6.07) is 3.25. The van der Waals surface area contributed by atoms with Gasteiger partial charge in [-0.15, -0.1) is 0 Å². The lowest BCUT2D eigenvalue weighted by Gasteiger charge is -2.22. The number of rotatable bonds is 15. The van der Waals surface area contributed by atoms with Gasteiger partial charge in [0.05, 0.1) is 6.42 Å². The predicted molar refractivity (Wildman–Crippen MR) is 145 cm³/mol. The van der Waals surface area contributed by atoms with E-state index in [0.29, 0.717) is 24.9 Å². The summed E-state index contributed by atoms with van der Waals surface area (Å²) in [4.78, 5) is 85.6. The molecule has 0 bridgehead atoms. The van der Waals surface area contributed by atoms with Crippen molar-refractivity contribution in [2.75, 3.05) is 11.9 Å². The molecule has 1 aromatic rings. The van der Waals surface area contributed by atoms with Crippen LogP contribution < -0.4 is 27.0 Å². The molecule has 0 saturated carbocycles. The molecular formula is C27H35N6O7. The van der Waals surface area contributed by atoms with E-state index in [1.54, 1.807) is 24.3 Å². The predicted octanol–water partition coefficient (Wildman–Crippen LogP) is -0.338. The minimum Gasteiger partial charge on any atom is -0.370 e. The maximum atomic E-state index is 12.7. The van der Waals surface area contributed by atoms with Crippen LogP contribution in [0.3, 0.4) is 0 Å². The van der Waals surface area contributed by atoms with Gasteiger partial charge in [0.15, 0.2) is 0 Å². The molecule has 13 heteroatoms. The van der Waals surface area contributed by atoms with Gasteiger partial charge in [0.2, 0.25) is 29.5 Å². The number of hydrogen-bond acceptors (Lipinski definition) is 7. The maximum Gasteiger partial charge on any atom is 0.253 e. The fourth-order valence-electron chi connectivity index (χ4n) is 3.69. The van der Waals surface area contributed by atoms with E-state index in [1.807, 2.05) is 0 Å². The van der Waals surface area contributed by atoms with Crippen LogP contribution in [-0.2, 0) is 33.6 Å². The van der Waals surface area contributed by atoms with Crippen molar-refractivity contribution in [1.29, 1.82) is 0 Å².